The zero-order valence-electron chi connectivity index (χ0n) is 12.0. The Hall–Kier alpha value is -1.19. The minimum absolute atomic E-state index is 0.183. The van der Waals surface area contributed by atoms with Crippen molar-refractivity contribution in [3.8, 4) is 0 Å². The summed E-state index contributed by atoms with van der Waals surface area (Å²) < 4.78 is 14.2. The van der Waals surface area contributed by atoms with Gasteiger partial charge in [0.05, 0.1) is 4.47 Å². The highest BCUT2D eigenvalue weighted by Crippen LogP contribution is 2.50. The van der Waals surface area contributed by atoms with E-state index >= 15 is 0 Å². The Balaban J connectivity index is 1.71. The van der Waals surface area contributed by atoms with Gasteiger partial charge in [0.2, 0.25) is 0 Å². The van der Waals surface area contributed by atoms with Gasteiger partial charge in [-0.1, -0.05) is 42.5 Å². The van der Waals surface area contributed by atoms with Gasteiger partial charge in [-0.05, 0) is 64.8 Å². The summed E-state index contributed by atoms with van der Waals surface area (Å²) in [5.74, 6) is 1.08. The fourth-order valence-electron chi connectivity index (χ4n) is 3.15. The van der Waals surface area contributed by atoms with Crippen LogP contribution in [0.3, 0.4) is 0 Å². The van der Waals surface area contributed by atoms with Gasteiger partial charge < -0.3 is 5.32 Å². The molecule has 1 aliphatic rings. The molecule has 0 spiro atoms. The average molecular weight is 348 g/mol. The Morgan fingerprint density at radius 3 is 2.67 bits per heavy atom. The molecule has 0 radical (unpaired) electrons. The predicted octanol–water partition coefficient (Wildman–Crippen LogP) is 4.52. The van der Waals surface area contributed by atoms with Crippen molar-refractivity contribution < 1.29 is 4.39 Å². The maximum Gasteiger partial charge on any atom is 0.137 e. The molecule has 1 saturated carbocycles. The molecule has 1 nitrogen and oxygen atoms in total. The highest BCUT2D eigenvalue weighted by atomic mass is 79.9. The van der Waals surface area contributed by atoms with E-state index in [1.54, 1.807) is 6.07 Å². The Kier molecular flexibility index (Phi) is 4.41. The quantitative estimate of drug-likeness (QED) is 0.838. The number of halogens is 2. The third-order valence-electron chi connectivity index (χ3n) is 4.43. The second kappa shape index (κ2) is 6.29. The minimum atomic E-state index is -0.183. The van der Waals surface area contributed by atoms with Crippen molar-refractivity contribution in [2.24, 2.45) is 5.92 Å². The topological polar surface area (TPSA) is 12.0 Å². The fraction of sp³-hybridized carbons (Fsp3) is 0.333. The molecule has 0 aliphatic heterocycles. The lowest BCUT2D eigenvalue weighted by molar-refractivity contribution is 0.488. The standard InChI is InChI=1S/C18H19BrFN/c1-21-17(10-13-8-5-9-16(20)18(13)19)15-11-14(15)12-6-3-2-4-7-12/h2-9,14-15,17,21H,10-11H2,1H3. The van der Waals surface area contributed by atoms with Crippen LogP contribution >= 0.6 is 15.9 Å². The van der Waals surface area contributed by atoms with Crippen LogP contribution in [0.4, 0.5) is 4.39 Å². The molecule has 1 fully saturated rings. The number of likely N-dealkylation sites (N-methyl/N-ethyl adjacent to an activating group) is 1. The van der Waals surface area contributed by atoms with E-state index in [0.717, 1.165) is 12.0 Å². The number of hydrogen-bond acceptors (Lipinski definition) is 1. The van der Waals surface area contributed by atoms with Crippen LogP contribution in [0.5, 0.6) is 0 Å². The Labute approximate surface area is 133 Å². The van der Waals surface area contributed by atoms with Gasteiger partial charge in [0.25, 0.3) is 0 Å². The maximum absolute atomic E-state index is 13.6. The molecule has 21 heavy (non-hydrogen) atoms. The summed E-state index contributed by atoms with van der Waals surface area (Å²) in [4.78, 5) is 0. The second-order valence-corrected chi connectivity index (χ2v) is 6.52. The molecule has 0 saturated heterocycles. The van der Waals surface area contributed by atoms with E-state index in [0.29, 0.717) is 22.4 Å². The van der Waals surface area contributed by atoms with E-state index < -0.39 is 0 Å². The van der Waals surface area contributed by atoms with Gasteiger partial charge in [0.1, 0.15) is 5.82 Å². The van der Waals surface area contributed by atoms with Crippen molar-refractivity contribution in [3.63, 3.8) is 0 Å². The van der Waals surface area contributed by atoms with Crippen LogP contribution in [-0.2, 0) is 6.42 Å². The lowest BCUT2D eigenvalue weighted by Crippen LogP contribution is -2.30. The molecule has 3 atom stereocenters. The molecule has 0 amide bonds. The number of rotatable bonds is 5. The molecular formula is C18H19BrFN. The first-order valence-corrected chi connectivity index (χ1v) is 8.15. The second-order valence-electron chi connectivity index (χ2n) is 5.73. The number of nitrogens with one attached hydrogen (secondary N) is 1. The van der Waals surface area contributed by atoms with Gasteiger partial charge in [0, 0.05) is 6.04 Å². The lowest BCUT2D eigenvalue weighted by Gasteiger charge is -2.17. The van der Waals surface area contributed by atoms with Crippen molar-refractivity contribution in [2.75, 3.05) is 7.05 Å². The fourth-order valence-corrected chi connectivity index (χ4v) is 3.58. The van der Waals surface area contributed by atoms with Gasteiger partial charge in [-0.3, -0.25) is 0 Å². The zero-order valence-corrected chi connectivity index (χ0v) is 13.6. The zero-order chi connectivity index (χ0) is 14.8. The molecule has 3 heteroatoms. The summed E-state index contributed by atoms with van der Waals surface area (Å²) in [6, 6.07) is 16.3. The van der Waals surface area contributed by atoms with Gasteiger partial charge in [0.15, 0.2) is 0 Å². The van der Waals surface area contributed by atoms with Crippen LogP contribution < -0.4 is 5.32 Å². The smallest absolute Gasteiger partial charge is 0.137 e. The third kappa shape index (κ3) is 3.19. The van der Waals surface area contributed by atoms with Crippen molar-refractivity contribution in [2.45, 2.75) is 24.8 Å². The van der Waals surface area contributed by atoms with Gasteiger partial charge in [-0.15, -0.1) is 0 Å². The number of benzene rings is 2. The Morgan fingerprint density at radius 2 is 1.95 bits per heavy atom. The van der Waals surface area contributed by atoms with Crippen LogP contribution in [-0.4, -0.2) is 13.1 Å². The van der Waals surface area contributed by atoms with Crippen molar-refractivity contribution in [1.82, 2.24) is 5.32 Å². The normalized spacial score (nSPS) is 22.0. The Bertz CT molecular complexity index is 614. The first-order valence-electron chi connectivity index (χ1n) is 7.35. The molecule has 1 aliphatic carbocycles. The van der Waals surface area contributed by atoms with Crippen LogP contribution in [0, 0.1) is 11.7 Å². The van der Waals surface area contributed by atoms with E-state index in [1.165, 1.54) is 18.1 Å². The molecule has 0 aromatic heterocycles. The first kappa shape index (κ1) is 14.7. The molecular weight excluding hydrogens is 329 g/mol. The third-order valence-corrected chi connectivity index (χ3v) is 5.31. The summed E-state index contributed by atoms with van der Waals surface area (Å²) >= 11 is 3.36. The van der Waals surface area contributed by atoms with Gasteiger partial charge in [-0.25, -0.2) is 4.39 Å². The molecule has 1 N–H and O–H groups in total. The minimum Gasteiger partial charge on any atom is -0.316 e. The molecule has 3 rings (SSSR count). The van der Waals surface area contributed by atoms with Crippen molar-refractivity contribution >= 4 is 15.9 Å². The average Bonchev–Trinajstić information content (AvgIpc) is 3.30. The highest BCUT2D eigenvalue weighted by Gasteiger charge is 2.43. The molecule has 2 aromatic rings. The van der Waals surface area contributed by atoms with Gasteiger partial charge in [-0.2, -0.15) is 0 Å². The predicted molar refractivity (Wildman–Crippen MR) is 87.9 cm³/mol. The van der Waals surface area contributed by atoms with E-state index in [1.807, 2.05) is 13.1 Å². The summed E-state index contributed by atoms with van der Waals surface area (Å²) in [6.07, 6.45) is 2.06. The summed E-state index contributed by atoms with van der Waals surface area (Å²) in [7, 11) is 2.00. The number of hydrogen-bond donors (Lipinski definition) is 1. The van der Waals surface area contributed by atoms with Crippen molar-refractivity contribution in [3.05, 3.63) is 69.9 Å². The van der Waals surface area contributed by atoms with E-state index in [4.69, 9.17) is 0 Å². The monoisotopic (exact) mass is 347 g/mol. The molecule has 0 heterocycles. The van der Waals surface area contributed by atoms with Crippen LogP contribution in [0.2, 0.25) is 0 Å². The van der Waals surface area contributed by atoms with Crippen LogP contribution in [0.25, 0.3) is 0 Å². The van der Waals surface area contributed by atoms with E-state index in [9.17, 15) is 4.39 Å². The maximum atomic E-state index is 13.6. The summed E-state index contributed by atoms with van der Waals surface area (Å²) in [6.45, 7) is 0. The first-order chi connectivity index (χ1) is 10.2. The van der Waals surface area contributed by atoms with Crippen molar-refractivity contribution in [1.29, 1.82) is 0 Å². The summed E-state index contributed by atoms with van der Waals surface area (Å²) in [5.41, 5.74) is 2.45. The molecule has 2 aromatic carbocycles. The molecule has 3 unspecified atom stereocenters. The SMILES string of the molecule is CNC(Cc1cccc(F)c1Br)C1CC1c1ccccc1. The highest BCUT2D eigenvalue weighted by molar-refractivity contribution is 9.10. The van der Waals surface area contributed by atoms with E-state index in [-0.39, 0.29) is 5.82 Å². The molecule has 0 bridgehead atoms. The van der Waals surface area contributed by atoms with E-state index in [2.05, 4.69) is 51.6 Å². The summed E-state index contributed by atoms with van der Waals surface area (Å²) in [5, 5.41) is 3.42. The largest absolute Gasteiger partial charge is 0.316 e. The molecule has 110 valence electrons. The Morgan fingerprint density at radius 1 is 1.19 bits per heavy atom. The van der Waals surface area contributed by atoms with Gasteiger partial charge >= 0.3 is 0 Å². The lowest BCUT2D eigenvalue weighted by atomic mass is 9.99. The van der Waals surface area contributed by atoms with Crippen LogP contribution in [0.15, 0.2) is 53.0 Å². The van der Waals surface area contributed by atoms with Crippen LogP contribution in [0.1, 0.15) is 23.5 Å².